The summed E-state index contributed by atoms with van der Waals surface area (Å²) in [4.78, 5) is 23.8. The second-order valence-electron chi connectivity index (χ2n) is 7.49. The number of aliphatic hydroxyl groups is 1. The minimum Gasteiger partial charge on any atom is -0.506 e. The SMILES string of the molecule is C/C=C(/C)C(=O)OC(CCOc1c2occc2c(O)c2ccc(=O)oc12)C(C)(C)O. The molecule has 3 aromatic rings. The third-order valence-electron chi connectivity index (χ3n) is 4.84. The first kappa shape index (κ1) is 21.4. The zero-order chi connectivity index (χ0) is 22.1. The Labute approximate surface area is 172 Å². The molecular formula is C22H24O8. The van der Waals surface area contributed by atoms with E-state index in [2.05, 4.69) is 0 Å². The lowest BCUT2D eigenvalue weighted by atomic mass is 9.99. The summed E-state index contributed by atoms with van der Waals surface area (Å²) in [5.41, 5.74) is -1.23. The molecule has 0 saturated heterocycles. The summed E-state index contributed by atoms with van der Waals surface area (Å²) in [5, 5.41) is 21.5. The largest absolute Gasteiger partial charge is 0.506 e. The number of phenols is 1. The van der Waals surface area contributed by atoms with Gasteiger partial charge in [0.15, 0.2) is 11.2 Å². The Hall–Kier alpha value is -3.26. The van der Waals surface area contributed by atoms with Crippen LogP contribution in [0.2, 0.25) is 0 Å². The van der Waals surface area contributed by atoms with E-state index in [9.17, 15) is 19.8 Å². The van der Waals surface area contributed by atoms with Crippen molar-refractivity contribution < 1.29 is 33.3 Å². The molecule has 0 aliphatic carbocycles. The molecule has 160 valence electrons. The van der Waals surface area contributed by atoms with E-state index in [0.29, 0.717) is 16.3 Å². The van der Waals surface area contributed by atoms with Gasteiger partial charge < -0.3 is 28.5 Å². The van der Waals surface area contributed by atoms with Gasteiger partial charge in [-0.15, -0.1) is 0 Å². The summed E-state index contributed by atoms with van der Waals surface area (Å²) >= 11 is 0. The van der Waals surface area contributed by atoms with Gasteiger partial charge in [-0.3, -0.25) is 0 Å². The van der Waals surface area contributed by atoms with E-state index in [0.717, 1.165) is 0 Å². The van der Waals surface area contributed by atoms with Gasteiger partial charge in [-0.05, 0) is 39.8 Å². The van der Waals surface area contributed by atoms with Gasteiger partial charge in [-0.25, -0.2) is 9.59 Å². The highest BCUT2D eigenvalue weighted by molar-refractivity contribution is 6.06. The minimum absolute atomic E-state index is 0.0190. The fraction of sp³-hybridized carbons (Fsp3) is 0.364. The van der Waals surface area contributed by atoms with E-state index >= 15 is 0 Å². The maximum atomic E-state index is 12.1. The van der Waals surface area contributed by atoms with Crippen LogP contribution in [-0.2, 0) is 9.53 Å². The van der Waals surface area contributed by atoms with E-state index in [-0.39, 0.29) is 35.7 Å². The Balaban J connectivity index is 1.89. The lowest BCUT2D eigenvalue weighted by Gasteiger charge is -2.29. The molecule has 8 nitrogen and oxygen atoms in total. The van der Waals surface area contributed by atoms with Crippen LogP contribution >= 0.6 is 0 Å². The van der Waals surface area contributed by atoms with Gasteiger partial charge in [0.25, 0.3) is 0 Å². The molecule has 30 heavy (non-hydrogen) atoms. The third kappa shape index (κ3) is 4.18. The first-order chi connectivity index (χ1) is 14.1. The van der Waals surface area contributed by atoms with Crippen molar-refractivity contribution in [1.82, 2.24) is 0 Å². The van der Waals surface area contributed by atoms with Crippen LogP contribution in [0.1, 0.15) is 34.1 Å². The summed E-state index contributed by atoms with van der Waals surface area (Å²) in [7, 11) is 0. The number of hydrogen-bond acceptors (Lipinski definition) is 8. The predicted molar refractivity (Wildman–Crippen MR) is 110 cm³/mol. The second-order valence-corrected chi connectivity index (χ2v) is 7.49. The maximum Gasteiger partial charge on any atom is 0.336 e. The maximum absolute atomic E-state index is 12.1. The van der Waals surface area contributed by atoms with Crippen molar-refractivity contribution in [2.45, 2.75) is 45.8 Å². The highest BCUT2D eigenvalue weighted by Crippen LogP contribution is 2.42. The Morgan fingerprint density at radius 3 is 2.60 bits per heavy atom. The lowest BCUT2D eigenvalue weighted by Crippen LogP contribution is -2.40. The number of furan rings is 1. The number of benzene rings is 1. The lowest BCUT2D eigenvalue weighted by molar-refractivity contribution is -0.158. The number of rotatable bonds is 7. The van der Waals surface area contributed by atoms with E-state index in [1.807, 2.05) is 0 Å². The van der Waals surface area contributed by atoms with Crippen molar-refractivity contribution in [3.8, 4) is 11.5 Å². The van der Waals surface area contributed by atoms with Crippen LogP contribution in [0.15, 0.2) is 49.7 Å². The van der Waals surface area contributed by atoms with Crippen LogP contribution < -0.4 is 10.4 Å². The van der Waals surface area contributed by atoms with Crippen molar-refractivity contribution in [2.24, 2.45) is 0 Å². The van der Waals surface area contributed by atoms with Crippen LogP contribution in [0.4, 0.5) is 0 Å². The van der Waals surface area contributed by atoms with E-state index < -0.39 is 23.3 Å². The number of esters is 1. The zero-order valence-corrected chi connectivity index (χ0v) is 17.2. The van der Waals surface area contributed by atoms with Crippen molar-refractivity contribution in [3.63, 3.8) is 0 Å². The van der Waals surface area contributed by atoms with Crippen LogP contribution in [0, 0.1) is 0 Å². The molecule has 2 aromatic heterocycles. The van der Waals surface area contributed by atoms with Crippen molar-refractivity contribution in [2.75, 3.05) is 6.61 Å². The van der Waals surface area contributed by atoms with Crippen LogP contribution in [-0.4, -0.2) is 34.5 Å². The zero-order valence-electron chi connectivity index (χ0n) is 17.2. The average molecular weight is 416 g/mol. The molecule has 1 atom stereocenters. The average Bonchev–Trinajstić information content (AvgIpc) is 3.17. The minimum atomic E-state index is -1.31. The standard InChI is InChI=1S/C22H24O8/c1-5-12(2)21(25)29-15(22(3,4)26)9-11-28-20-18-14(8-10-27-18)17(24)13-6-7-16(23)30-19(13)20/h5-8,10,15,24,26H,9,11H2,1-4H3/b12-5-. The first-order valence-electron chi connectivity index (χ1n) is 9.48. The highest BCUT2D eigenvalue weighted by Gasteiger charge is 2.31. The highest BCUT2D eigenvalue weighted by atomic mass is 16.6. The van der Waals surface area contributed by atoms with Crippen LogP contribution in [0.25, 0.3) is 21.9 Å². The first-order valence-corrected chi connectivity index (χ1v) is 9.48. The van der Waals surface area contributed by atoms with Gasteiger partial charge in [0.1, 0.15) is 11.9 Å². The Kier molecular flexibility index (Phi) is 5.89. The van der Waals surface area contributed by atoms with Gasteiger partial charge in [-0.2, -0.15) is 0 Å². The van der Waals surface area contributed by atoms with Crippen LogP contribution in [0.3, 0.4) is 0 Å². The Morgan fingerprint density at radius 1 is 1.23 bits per heavy atom. The molecule has 2 N–H and O–H groups in total. The van der Waals surface area contributed by atoms with E-state index in [1.54, 1.807) is 26.0 Å². The molecule has 3 rings (SSSR count). The fourth-order valence-electron chi connectivity index (χ4n) is 2.99. The molecule has 0 amide bonds. The molecule has 0 saturated carbocycles. The fourth-order valence-corrected chi connectivity index (χ4v) is 2.99. The van der Waals surface area contributed by atoms with E-state index in [1.165, 1.54) is 32.2 Å². The van der Waals surface area contributed by atoms with Gasteiger partial charge in [0.2, 0.25) is 5.75 Å². The molecule has 0 bridgehead atoms. The topological polar surface area (TPSA) is 119 Å². The summed E-state index contributed by atoms with van der Waals surface area (Å²) in [6.07, 6.45) is 2.32. The molecule has 0 aliphatic heterocycles. The summed E-state index contributed by atoms with van der Waals surface area (Å²) in [6.45, 7) is 6.44. The molecule has 8 heteroatoms. The third-order valence-corrected chi connectivity index (χ3v) is 4.84. The second kappa shape index (κ2) is 8.23. The van der Waals surface area contributed by atoms with Crippen molar-refractivity contribution in [3.05, 3.63) is 46.5 Å². The van der Waals surface area contributed by atoms with Gasteiger partial charge >= 0.3 is 11.6 Å². The summed E-state index contributed by atoms with van der Waals surface area (Å²) in [6, 6.07) is 4.21. The normalized spacial score (nSPS) is 13.6. The number of allylic oxidation sites excluding steroid dienone is 1. The monoisotopic (exact) mass is 416 g/mol. The quantitative estimate of drug-likeness (QED) is 0.340. The van der Waals surface area contributed by atoms with Crippen molar-refractivity contribution in [1.29, 1.82) is 0 Å². The smallest absolute Gasteiger partial charge is 0.336 e. The number of carbonyl (C=O) groups excluding carboxylic acids is 1. The van der Waals surface area contributed by atoms with Gasteiger partial charge in [0, 0.05) is 18.1 Å². The Morgan fingerprint density at radius 2 is 1.93 bits per heavy atom. The molecule has 0 aliphatic rings. The van der Waals surface area contributed by atoms with Gasteiger partial charge in [-0.1, -0.05) is 6.08 Å². The molecule has 0 fully saturated rings. The number of ether oxygens (including phenoxy) is 2. The summed E-state index contributed by atoms with van der Waals surface area (Å²) < 4.78 is 21.9. The molecule has 0 spiro atoms. The van der Waals surface area contributed by atoms with E-state index in [4.69, 9.17) is 18.3 Å². The predicted octanol–water partition coefficient (Wildman–Crippen LogP) is 3.66. The number of phenolic OH excluding ortho intramolecular Hbond substituents is 1. The van der Waals surface area contributed by atoms with Crippen molar-refractivity contribution >= 4 is 27.9 Å². The molecular weight excluding hydrogens is 392 g/mol. The molecule has 0 radical (unpaired) electrons. The number of aromatic hydroxyl groups is 1. The molecule has 1 unspecified atom stereocenters. The summed E-state index contributed by atoms with van der Waals surface area (Å²) in [5.74, 6) is -0.472. The van der Waals surface area contributed by atoms with Crippen LogP contribution in [0.5, 0.6) is 11.5 Å². The van der Waals surface area contributed by atoms with Gasteiger partial charge in [0.05, 0.1) is 29.2 Å². The Bertz CT molecular complexity index is 1160. The number of fused-ring (bicyclic) bond motifs is 2. The number of carbonyl (C=O) groups is 1. The number of hydrogen-bond donors (Lipinski definition) is 2. The molecule has 2 heterocycles. The molecule has 1 aromatic carbocycles.